The van der Waals surface area contributed by atoms with E-state index in [4.69, 9.17) is 24.5 Å². The first-order valence-corrected chi connectivity index (χ1v) is 24.3. The van der Waals surface area contributed by atoms with Crippen LogP contribution >= 0.6 is 7.60 Å². The van der Waals surface area contributed by atoms with E-state index in [1.165, 1.54) is 64.7 Å². The van der Waals surface area contributed by atoms with Crippen molar-refractivity contribution in [2.45, 2.75) is 137 Å². The summed E-state index contributed by atoms with van der Waals surface area (Å²) in [4.78, 5) is 84.2. The quantitative estimate of drug-likeness (QED) is 0.0169. The van der Waals surface area contributed by atoms with Gasteiger partial charge in [-0.25, -0.2) is 0 Å². The van der Waals surface area contributed by atoms with E-state index in [1.54, 1.807) is 13.8 Å². The van der Waals surface area contributed by atoms with Crippen LogP contribution in [0.3, 0.4) is 0 Å². The number of carbonyl (C=O) groups is 6. The fourth-order valence-electron chi connectivity index (χ4n) is 7.29. The van der Waals surface area contributed by atoms with Gasteiger partial charge >= 0.3 is 25.2 Å². The molecule has 4 rings (SSSR count). The molecular formula is C48H67F2N4O13P. The summed E-state index contributed by atoms with van der Waals surface area (Å²) in [7, 11) is -5.69. The highest BCUT2D eigenvalue weighted by molar-refractivity contribution is 7.54. The summed E-state index contributed by atoms with van der Waals surface area (Å²) in [5.74, 6) is -3.54. The summed E-state index contributed by atoms with van der Waals surface area (Å²) in [6.07, 6.45) is 3.29. The normalized spacial score (nSPS) is 19.4. The van der Waals surface area contributed by atoms with E-state index in [2.05, 4.69) is 20.2 Å². The molecule has 7 atom stereocenters. The number of piperidine rings is 1. The van der Waals surface area contributed by atoms with E-state index in [-0.39, 0.29) is 43.6 Å². The van der Waals surface area contributed by atoms with E-state index in [0.717, 1.165) is 24.1 Å². The largest absolute Gasteiger partial charge is 0.438 e. The van der Waals surface area contributed by atoms with Crippen molar-refractivity contribution in [3.63, 3.8) is 0 Å². The second kappa shape index (κ2) is 24.0. The minimum absolute atomic E-state index is 0.0105. The van der Waals surface area contributed by atoms with E-state index < -0.39 is 97.1 Å². The number of primary amides is 1. The van der Waals surface area contributed by atoms with Crippen LogP contribution in [0.2, 0.25) is 0 Å². The third kappa shape index (κ3) is 15.5. The van der Waals surface area contributed by atoms with Gasteiger partial charge in [0.05, 0.1) is 29.6 Å². The van der Waals surface area contributed by atoms with Crippen LogP contribution in [0.5, 0.6) is 0 Å². The van der Waals surface area contributed by atoms with Crippen LogP contribution in [-0.4, -0.2) is 84.8 Å². The number of esters is 2. The van der Waals surface area contributed by atoms with Gasteiger partial charge in [0.1, 0.15) is 12.1 Å². The van der Waals surface area contributed by atoms with Crippen LogP contribution in [0, 0.1) is 22.7 Å². The summed E-state index contributed by atoms with van der Waals surface area (Å²) in [5.41, 5.74) is -0.280. The molecule has 68 heavy (non-hydrogen) atoms. The van der Waals surface area contributed by atoms with Crippen LogP contribution in [0.1, 0.15) is 118 Å². The van der Waals surface area contributed by atoms with Gasteiger partial charge in [-0.3, -0.25) is 37.9 Å². The van der Waals surface area contributed by atoms with Crippen molar-refractivity contribution in [3.05, 3.63) is 77.4 Å². The van der Waals surface area contributed by atoms with E-state index in [1.807, 2.05) is 37.3 Å². The van der Waals surface area contributed by atoms with Crippen molar-refractivity contribution < 1.29 is 70.4 Å². The Morgan fingerprint density at radius 3 is 2.10 bits per heavy atom. The number of halogens is 2. The van der Waals surface area contributed by atoms with Crippen molar-refractivity contribution in [2.24, 2.45) is 28.4 Å². The van der Waals surface area contributed by atoms with Gasteiger partial charge in [-0.2, -0.15) is 13.7 Å². The van der Waals surface area contributed by atoms with Gasteiger partial charge in [0.15, 0.2) is 0 Å². The van der Waals surface area contributed by atoms with Crippen LogP contribution in [-0.2, 0) is 73.9 Å². The highest BCUT2D eigenvalue weighted by Gasteiger charge is 2.58. The Bertz CT molecular complexity index is 2160. The van der Waals surface area contributed by atoms with Gasteiger partial charge in [-0.05, 0) is 103 Å². The number of hydrogen-bond donors (Lipinski definition) is 3. The molecule has 2 aromatic rings. The number of nitrogens with one attached hydrogen (secondary N) is 2. The van der Waals surface area contributed by atoms with Crippen molar-refractivity contribution in [1.29, 1.82) is 0 Å². The maximum absolute atomic E-state index is 16.1. The van der Waals surface area contributed by atoms with Crippen molar-refractivity contribution in [2.75, 3.05) is 20.1 Å². The molecule has 1 aliphatic carbocycles. The highest BCUT2D eigenvalue weighted by atomic mass is 31.2. The Morgan fingerprint density at radius 1 is 0.897 bits per heavy atom. The molecule has 1 saturated carbocycles. The molecule has 1 heterocycles. The molecule has 1 aliphatic heterocycles. The number of carbonyl (C=O) groups excluding carboxylic acids is 6. The van der Waals surface area contributed by atoms with Crippen LogP contribution < -0.4 is 16.4 Å². The average Bonchev–Trinajstić information content (AvgIpc) is 3.94. The molecule has 0 spiro atoms. The summed E-state index contributed by atoms with van der Waals surface area (Å²) in [6.45, 7) is 12.8. The highest BCUT2D eigenvalue weighted by Crippen LogP contribution is 2.67. The number of nitrogens with zero attached hydrogens (tertiary/aromatic N) is 1. The molecule has 3 unspecified atom stereocenters. The van der Waals surface area contributed by atoms with Crippen LogP contribution in [0.4, 0.5) is 8.78 Å². The first-order valence-electron chi connectivity index (χ1n) is 22.7. The zero-order valence-corrected chi connectivity index (χ0v) is 41.2. The fourth-order valence-corrected chi connectivity index (χ4v) is 8.42. The van der Waals surface area contributed by atoms with Crippen molar-refractivity contribution in [1.82, 2.24) is 15.5 Å². The Balaban J connectivity index is 1.47. The van der Waals surface area contributed by atoms with Gasteiger partial charge in [-0.15, -0.1) is 4.67 Å². The van der Waals surface area contributed by atoms with E-state index >= 15 is 8.78 Å². The summed E-state index contributed by atoms with van der Waals surface area (Å²) in [5, 5.41) is 5.83. The molecular weight excluding hydrogens is 910 g/mol. The number of unbranched alkanes of at least 4 members (excludes halogenated alkanes) is 1. The maximum atomic E-state index is 16.1. The molecule has 376 valence electrons. The second-order valence-electron chi connectivity index (χ2n) is 19.3. The average molecular weight is 977 g/mol. The summed E-state index contributed by atoms with van der Waals surface area (Å²) < 4.78 is 71.2. The van der Waals surface area contributed by atoms with Gasteiger partial charge in [0, 0.05) is 24.6 Å². The van der Waals surface area contributed by atoms with E-state index in [9.17, 15) is 33.3 Å². The minimum atomic E-state index is -5.69. The Labute approximate surface area is 396 Å². The number of fused-ring (bicyclic) bond motifs is 1. The lowest BCUT2D eigenvalue weighted by Gasteiger charge is -2.33. The van der Waals surface area contributed by atoms with Gasteiger partial charge < -0.3 is 35.5 Å². The second-order valence-corrected chi connectivity index (χ2v) is 21.2. The molecule has 4 N–H and O–H groups in total. The summed E-state index contributed by atoms with van der Waals surface area (Å²) in [6, 6.07) is 11.4. The number of likely N-dealkylation sites (tertiary alicyclic amines) is 1. The number of rotatable bonds is 25. The third-order valence-electron chi connectivity index (χ3n) is 11.5. The molecule has 2 aliphatic rings. The number of alkyl halides is 2. The smallest absolute Gasteiger partial charge is 0.434 e. The molecule has 0 aromatic heterocycles. The molecule has 0 bridgehead atoms. The first kappa shape index (κ1) is 55.5. The lowest BCUT2D eigenvalue weighted by Crippen LogP contribution is -2.57. The zero-order chi connectivity index (χ0) is 50.6. The number of amides is 4. The molecule has 17 nitrogen and oxygen atoms in total. The third-order valence-corrected chi connectivity index (χ3v) is 13.2. The Morgan fingerprint density at radius 2 is 1.51 bits per heavy atom. The molecule has 2 aromatic carbocycles. The maximum Gasteiger partial charge on any atom is 0.434 e. The van der Waals surface area contributed by atoms with Crippen molar-refractivity contribution in [3.8, 4) is 0 Å². The van der Waals surface area contributed by atoms with Gasteiger partial charge in [-0.1, -0.05) is 74.4 Å². The van der Waals surface area contributed by atoms with Gasteiger partial charge in [0.25, 0.3) is 0 Å². The molecule has 4 amide bonds. The molecule has 0 radical (unpaired) electrons. The number of hydrogen-bond acceptors (Lipinski definition) is 13. The number of ether oxygens (including phenoxy) is 3. The predicted octanol–water partition coefficient (Wildman–Crippen LogP) is 7.27. The Hall–Kier alpha value is -5.07. The Kier molecular flexibility index (Phi) is 19.6. The SMILES string of the molecule is CCCC[C@H](NC(=O)/C=C(\C)c1ccc(C(F)(F)P(=O)(OCOC(=O)C(C)(C)C)OOCOC(=O)C(C)(C)C)cc1)C(=O)N1C[C@H]2C[C@H]2[C@H]1C(=O)NC(CCC(N)=O)C(C)OCc1ccccc1. The molecule has 1 saturated heterocycles. The molecule has 2 fully saturated rings. The van der Waals surface area contributed by atoms with Gasteiger partial charge in [0.2, 0.25) is 37.2 Å². The topological polar surface area (TPSA) is 228 Å². The zero-order valence-electron chi connectivity index (χ0n) is 40.3. The van der Waals surface area contributed by atoms with Crippen LogP contribution in [0.15, 0.2) is 60.7 Å². The number of nitrogens with two attached hydrogens (primary N) is 1. The fraction of sp³-hybridized carbons (Fsp3) is 0.583. The standard InChI is InChI=1S/C48H67F2N4O13P/c1-10-11-17-38(43(58)54-26-34-25-36(34)41(54)42(57)53-37(22-23-39(51)55)31(3)62-27-32-15-13-12-14-16-32)52-40(56)24-30(2)33-18-20-35(21-19-33)48(49,50)68(61,66-29-64-45(60)47(7,8)9)67-65-28-63-44(59)46(4,5)6/h12-16,18-21,24,31,34,36-38,41H,10-11,17,22-23,25-29H2,1-9H3,(H2,51,55)(H,52,56)(H,53,57)/b30-24+/t31?,34-,36-,37?,38+,41+,68?/m1/s1. The first-order chi connectivity index (χ1) is 31.8. The molecule has 20 heteroatoms. The monoisotopic (exact) mass is 976 g/mol. The minimum Gasteiger partial charge on any atom is -0.438 e. The summed E-state index contributed by atoms with van der Waals surface area (Å²) >= 11 is 0. The predicted molar refractivity (Wildman–Crippen MR) is 245 cm³/mol. The van der Waals surface area contributed by atoms with Crippen molar-refractivity contribution >= 4 is 48.7 Å². The lowest BCUT2D eigenvalue weighted by atomic mass is 9.98. The van der Waals surface area contributed by atoms with Crippen LogP contribution in [0.25, 0.3) is 5.57 Å². The number of benzene rings is 2. The number of allylic oxidation sites excluding steroid dienone is 1. The lowest BCUT2D eigenvalue weighted by molar-refractivity contribution is -0.276. The van der Waals surface area contributed by atoms with E-state index in [0.29, 0.717) is 30.5 Å².